The van der Waals surface area contributed by atoms with Crippen LogP contribution in [0.3, 0.4) is 0 Å². The lowest BCUT2D eigenvalue weighted by molar-refractivity contribution is 0.0655. The van der Waals surface area contributed by atoms with Crippen molar-refractivity contribution in [1.29, 1.82) is 0 Å². The lowest BCUT2D eigenvalue weighted by Crippen LogP contribution is -2.27. The Kier molecular flexibility index (Phi) is 4.62. The molecule has 2 aromatic rings. The second-order valence-corrected chi connectivity index (χ2v) is 7.07. The van der Waals surface area contributed by atoms with Crippen molar-refractivity contribution in [3.8, 4) is 0 Å². The molecule has 0 amide bonds. The average molecular weight is 342 g/mol. The largest absolute Gasteiger partial charge is 0.475 e. The van der Waals surface area contributed by atoms with Gasteiger partial charge in [0.05, 0.1) is 5.69 Å². The monoisotopic (exact) mass is 342 g/mol. The molecule has 0 saturated heterocycles. The smallest absolute Gasteiger partial charge is 0.372 e. The molecule has 0 aliphatic carbocycles. The van der Waals surface area contributed by atoms with Crippen LogP contribution in [0.25, 0.3) is 0 Å². The molecule has 23 heavy (non-hydrogen) atoms. The number of carbonyl (C=O) groups is 1. The van der Waals surface area contributed by atoms with E-state index in [4.69, 9.17) is 14.0 Å². The number of aryl methyl sites for hydroxylation is 3. The van der Waals surface area contributed by atoms with Gasteiger partial charge < -0.3 is 14.0 Å². The minimum absolute atomic E-state index is 0.105. The van der Waals surface area contributed by atoms with Crippen molar-refractivity contribution in [1.82, 2.24) is 9.88 Å². The summed E-state index contributed by atoms with van der Waals surface area (Å²) >= 11 is 0. The van der Waals surface area contributed by atoms with Gasteiger partial charge in [-0.25, -0.2) is 17.9 Å². The van der Waals surface area contributed by atoms with Crippen molar-refractivity contribution >= 4 is 16.0 Å². The van der Waals surface area contributed by atoms with Gasteiger partial charge in [0.25, 0.3) is 10.0 Å². The van der Waals surface area contributed by atoms with Crippen LogP contribution in [0.5, 0.6) is 0 Å². The second-order valence-electron chi connectivity index (χ2n) is 5.37. The summed E-state index contributed by atoms with van der Waals surface area (Å²) in [7, 11) is -3.94. The normalized spacial score (nSPS) is 13.2. The predicted molar refractivity (Wildman–Crippen MR) is 80.0 cm³/mol. The average Bonchev–Trinajstić information content (AvgIpc) is 3.00. The predicted octanol–water partition coefficient (Wildman–Crippen LogP) is 1.97. The Hall–Kier alpha value is -2.13. The maximum atomic E-state index is 12.2. The highest BCUT2D eigenvalue weighted by molar-refractivity contribution is 7.89. The highest BCUT2D eigenvalue weighted by Gasteiger charge is 2.25. The van der Waals surface area contributed by atoms with Gasteiger partial charge in [-0.1, -0.05) is 12.1 Å². The molecule has 0 saturated carbocycles. The van der Waals surface area contributed by atoms with Gasteiger partial charge in [-0.05, 0) is 26.7 Å². The number of furan rings is 1. The van der Waals surface area contributed by atoms with Gasteiger partial charge in [0.15, 0.2) is 0 Å². The van der Waals surface area contributed by atoms with Crippen LogP contribution in [0.1, 0.15) is 46.0 Å². The van der Waals surface area contributed by atoms with Crippen LogP contribution < -0.4 is 4.72 Å². The SMILES string of the molecule is Cc1cc(S(=O)(=O)NCC(C)c2c(C)noc2C)oc1C(=O)O. The van der Waals surface area contributed by atoms with Crippen molar-refractivity contribution in [2.24, 2.45) is 0 Å². The fraction of sp³-hybridized carbons (Fsp3) is 0.429. The molecule has 8 nitrogen and oxygen atoms in total. The molecule has 2 aromatic heterocycles. The van der Waals surface area contributed by atoms with Crippen molar-refractivity contribution in [3.63, 3.8) is 0 Å². The Morgan fingerprint density at radius 3 is 2.52 bits per heavy atom. The first-order valence-electron chi connectivity index (χ1n) is 6.89. The van der Waals surface area contributed by atoms with E-state index in [-0.39, 0.29) is 23.8 Å². The summed E-state index contributed by atoms with van der Waals surface area (Å²) in [6, 6.07) is 1.19. The number of aromatic carboxylic acids is 1. The van der Waals surface area contributed by atoms with Crippen LogP contribution in [0.4, 0.5) is 0 Å². The molecular formula is C14H18N2O6S. The van der Waals surface area contributed by atoms with Crippen molar-refractivity contribution in [2.45, 2.75) is 38.7 Å². The number of sulfonamides is 1. The summed E-state index contributed by atoms with van der Waals surface area (Å²) in [5.74, 6) is -1.22. The van der Waals surface area contributed by atoms with E-state index in [1.807, 2.05) is 6.92 Å². The Bertz CT molecular complexity index is 814. The highest BCUT2D eigenvalue weighted by atomic mass is 32.2. The first kappa shape index (κ1) is 17.2. The van der Waals surface area contributed by atoms with Gasteiger partial charge in [0, 0.05) is 23.7 Å². The molecule has 0 fully saturated rings. The van der Waals surface area contributed by atoms with Gasteiger partial charge in [0.1, 0.15) is 5.76 Å². The molecule has 0 spiro atoms. The van der Waals surface area contributed by atoms with E-state index in [0.717, 1.165) is 5.56 Å². The highest BCUT2D eigenvalue weighted by Crippen LogP contribution is 2.24. The van der Waals surface area contributed by atoms with E-state index in [1.54, 1.807) is 13.8 Å². The van der Waals surface area contributed by atoms with Crippen LogP contribution in [0, 0.1) is 20.8 Å². The number of hydrogen-bond acceptors (Lipinski definition) is 6. The minimum atomic E-state index is -3.94. The summed E-state index contributed by atoms with van der Waals surface area (Å²) in [6.07, 6.45) is 0. The quantitative estimate of drug-likeness (QED) is 0.822. The fourth-order valence-corrected chi connectivity index (χ4v) is 3.54. The zero-order valence-electron chi connectivity index (χ0n) is 13.2. The summed E-state index contributed by atoms with van der Waals surface area (Å²) in [5, 5.41) is 12.3. The first-order chi connectivity index (χ1) is 10.6. The van der Waals surface area contributed by atoms with Crippen molar-refractivity contribution in [2.75, 3.05) is 6.54 Å². The first-order valence-corrected chi connectivity index (χ1v) is 8.38. The van der Waals surface area contributed by atoms with Gasteiger partial charge in [-0.2, -0.15) is 0 Å². The number of carboxylic acids is 1. The molecule has 0 aromatic carbocycles. The molecule has 126 valence electrons. The van der Waals surface area contributed by atoms with E-state index < -0.39 is 21.1 Å². The zero-order chi connectivity index (χ0) is 17.4. The van der Waals surface area contributed by atoms with Crippen molar-refractivity contribution < 1.29 is 27.3 Å². The fourth-order valence-electron chi connectivity index (χ4n) is 2.40. The van der Waals surface area contributed by atoms with E-state index in [0.29, 0.717) is 11.5 Å². The lowest BCUT2D eigenvalue weighted by atomic mass is 10.0. The summed E-state index contributed by atoms with van der Waals surface area (Å²) in [5.41, 5.74) is 1.79. The topological polar surface area (TPSA) is 123 Å². The van der Waals surface area contributed by atoms with E-state index in [9.17, 15) is 13.2 Å². The Balaban J connectivity index is 2.16. The molecule has 0 aliphatic rings. The number of carboxylic acid groups (broad SMARTS) is 1. The van der Waals surface area contributed by atoms with Gasteiger partial charge in [0.2, 0.25) is 10.9 Å². The molecular weight excluding hydrogens is 324 g/mol. The summed E-state index contributed by atoms with van der Waals surface area (Å²) < 4.78 is 36.9. The Labute approximate surface area is 133 Å². The van der Waals surface area contributed by atoms with Gasteiger partial charge >= 0.3 is 5.97 Å². The number of hydrogen-bond donors (Lipinski definition) is 2. The number of nitrogens with one attached hydrogen (secondary N) is 1. The van der Waals surface area contributed by atoms with E-state index >= 15 is 0 Å². The molecule has 1 unspecified atom stereocenters. The summed E-state index contributed by atoms with van der Waals surface area (Å²) in [6.45, 7) is 6.96. The number of rotatable bonds is 6. The van der Waals surface area contributed by atoms with E-state index in [2.05, 4.69) is 9.88 Å². The Morgan fingerprint density at radius 2 is 2.04 bits per heavy atom. The zero-order valence-corrected chi connectivity index (χ0v) is 14.0. The third-order valence-corrected chi connectivity index (χ3v) is 4.79. The van der Waals surface area contributed by atoms with E-state index in [1.165, 1.54) is 13.0 Å². The number of aromatic nitrogens is 1. The molecule has 1 atom stereocenters. The van der Waals surface area contributed by atoms with Gasteiger partial charge in [-0.3, -0.25) is 0 Å². The molecule has 0 bridgehead atoms. The molecule has 9 heteroatoms. The van der Waals surface area contributed by atoms with Crippen LogP contribution >= 0.6 is 0 Å². The lowest BCUT2D eigenvalue weighted by Gasteiger charge is -2.11. The van der Waals surface area contributed by atoms with Crippen LogP contribution in [-0.2, 0) is 10.0 Å². The van der Waals surface area contributed by atoms with Crippen LogP contribution in [-0.4, -0.2) is 31.2 Å². The molecule has 2 heterocycles. The maximum Gasteiger partial charge on any atom is 0.372 e. The third-order valence-electron chi connectivity index (χ3n) is 3.52. The molecule has 0 radical (unpaired) electrons. The minimum Gasteiger partial charge on any atom is -0.475 e. The molecule has 2 N–H and O–H groups in total. The molecule has 2 rings (SSSR count). The second kappa shape index (κ2) is 6.17. The number of nitrogens with zero attached hydrogens (tertiary/aromatic N) is 1. The summed E-state index contributed by atoms with van der Waals surface area (Å²) in [4.78, 5) is 10.9. The van der Waals surface area contributed by atoms with Crippen molar-refractivity contribution in [3.05, 3.63) is 34.4 Å². The maximum absolute atomic E-state index is 12.2. The standard InChI is InChI=1S/C14H18N2O6S/c1-7-5-11(21-13(7)14(17)18)23(19,20)15-6-8(2)12-9(3)16-22-10(12)4/h5,8,15H,6H2,1-4H3,(H,17,18). The molecule has 0 aliphatic heterocycles. The van der Waals surface area contributed by atoms with Crippen LogP contribution in [0.2, 0.25) is 0 Å². The third kappa shape index (κ3) is 3.45. The Morgan fingerprint density at radius 1 is 1.39 bits per heavy atom. The van der Waals surface area contributed by atoms with Gasteiger partial charge in [-0.15, -0.1) is 0 Å². The van der Waals surface area contributed by atoms with Crippen LogP contribution in [0.15, 0.2) is 20.1 Å².